The zero-order valence-corrected chi connectivity index (χ0v) is 11.7. The highest BCUT2D eigenvalue weighted by atomic mass is 16.5. The summed E-state index contributed by atoms with van der Waals surface area (Å²) in [6.45, 7) is 7.59. The summed E-state index contributed by atoms with van der Waals surface area (Å²) in [6, 6.07) is 0.650. The molecule has 1 N–H and O–H groups in total. The molecule has 2 aliphatic rings. The van der Waals surface area contributed by atoms with Gasteiger partial charge in [-0.1, -0.05) is 13.8 Å². The Labute approximate surface area is 110 Å². The van der Waals surface area contributed by atoms with E-state index in [9.17, 15) is 4.79 Å². The molecule has 104 valence electrons. The molecular formula is C14H26N2O2. The SMILES string of the molecule is CCC1COCCN1C(=O)CC1NCCCC1C. The van der Waals surface area contributed by atoms with Crippen molar-refractivity contribution in [1.29, 1.82) is 0 Å². The number of rotatable bonds is 3. The van der Waals surface area contributed by atoms with E-state index in [1.54, 1.807) is 0 Å². The Morgan fingerprint density at radius 3 is 3.06 bits per heavy atom. The number of carbonyl (C=O) groups is 1. The topological polar surface area (TPSA) is 41.6 Å². The first-order valence-electron chi connectivity index (χ1n) is 7.33. The van der Waals surface area contributed by atoms with Crippen LogP contribution >= 0.6 is 0 Å². The van der Waals surface area contributed by atoms with Gasteiger partial charge in [0.2, 0.25) is 5.91 Å². The minimum absolute atomic E-state index is 0.283. The average Bonchev–Trinajstić information content (AvgIpc) is 2.41. The Morgan fingerprint density at radius 1 is 1.50 bits per heavy atom. The van der Waals surface area contributed by atoms with Gasteiger partial charge in [0.1, 0.15) is 0 Å². The van der Waals surface area contributed by atoms with Crippen LogP contribution in [0.15, 0.2) is 0 Å². The van der Waals surface area contributed by atoms with Crippen molar-refractivity contribution in [2.75, 3.05) is 26.3 Å². The van der Waals surface area contributed by atoms with Crippen molar-refractivity contribution in [3.63, 3.8) is 0 Å². The van der Waals surface area contributed by atoms with Crippen LogP contribution in [-0.2, 0) is 9.53 Å². The summed E-state index contributed by atoms with van der Waals surface area (Å²) in [4.78, 5) is 14.4. The van der Waals surface area contributed by atoms with Crippen LogP contribution in [0.4, 0.5) is 0 Å². The van der Waals surface area contributed by atoms with Crippen molar-refractivity contribution in [3.8, 4) is 0 Å². The zero-order chi connectivity index (χ0) is 13.0. The Balaban J connectivity index is 1.89. The van der Waals surface area contributed by atoms with Crippen molar-refractivity contribution in [2.24, 2.45) is 5.92 Å². The predicted octanol–water partition coefficient (Wildman–Crippen LogP) is 1.40. The Kier molecular flexibility index (Phi) is 5.01. The number of carbonyl (C=O) groups excluding carboxylic acids is 1. The second kappa shape index (κ2) is 6.53. The number of hydrogen-bond acceptors (Lipinski definition) is 3. The molecule has 3 unspecified atom stereocenters. The molecule has 0 aliphatic carbocycles. The molecule has 0 aromatic heterocycles. The standard InChI is InChI=1S/C14H26N2O2/c1-3-12-10-18-8-7-16(12)14(17)9-13-11(2)5-4-6-15-13/h11-13,15H,3-10H2,1-2H3. The maximum absolute atomic E-state index is 12.4. The van der Waals surface area contributed by atoms with E-state index in [0.717, 1.165) is 19.5 Å². The van der Waals surface area contributed by atoms with E-state index in [2.05, 4.69) is 19.2 Å². The normalized spacial score (nSPS) is 33.4. The Hall–Kier alpha value is -0.610. The fourth-order valence-electron chi connectivity index (χ4n) is 3.01. The molecule has 18 heavy (non-hydrogen) atoms. The van der Waals surface area contributed by atoms with Crippen LogP contribution in [0.2, 0.25) is 0 Å². The largest absolute Gasteiger partial charge is 0.377 e. The van der Waals surface area contributed by atoms with Crippen LogP contribution < -0.4 is 5.32 Å². The van der Waals surface area contributed by atoms with Gasteiger partial charge in [0, 0.05) is 19.0 Å². The summed E-state index contributed by atoms with van der Waals surface area (Å²) in [5.41, 5.74) is 0. The molecule has 0 saturated carbocycles. The summed E-state index contributed by atoms with van der Waals surface area (Å²) >= 11 is 0. The zero-order valence-electron chi connectivity index (χ0n) is 11.7. The fraction of sp³-hybridized carbons (Fsp3) is 0.929. The van der Waals surface area contributed by atoms with Crippen molar-refractivity contribution in [3.05, 3.63) is 0 Å². The van der Waals surface area contributed by atoms with Crippen LogP contribution in [0, 0.1) is 5.92 Å². The number of morpholine rings is 1. The molecule has 3 atom stereocenters. The van der Waals surface area contributed by atoms with Gasteiger partial charge in [-0.25, -0.2) is 0 Å². The van der Waals surface area contributed by atoms with Gasteiger partial charge in [-0.2, -0.15) is 0 Å². The Morgan fingerprint density at radius 2 is 2.33 bits per heavy atom. The maximum atomic E-state index is 12.4. The van der Waals surface area contributed by atoms with Crippen LogP contribution in [-0.4, -0.2) is 49.2 Å². The third-order valence-corrected chi connectivity index (χ3v) is 4.34. The summed E-state index contributed by atoms with van der Waals surface area (Å²) < 4.78 is 5.45. The molecule has 4 heteroatoms. The summed E-state index contributed by atoms with van der Waals surface area (Å²) in [5, 5.41) is 3.49. The van der Waals surface area contributed by atoms with Gasteiger partial charge >= 0.3 is 0 Å². The molecular weight excluding hydrogens is 228 g/mol. The molecule has 2 aliphatic heterocycles. The van der Waals surface area contributed by atoms with Gasteiger partial charge in [0.05, 0.1) is 19.3 Å². The molecule has 0 bridgehead atoms. The summed E-state index contributed by atoms with van der Waals surface area (Å²) in [7, 11) is 0. The molecule has 0 aromatic rings. The number of piperidine rings is 1. The van der Waals surface area contributed by atoms with E-state index in [0.29, 0.717) is 37.5 Å². The number of nitrogens with zero attached hydrogens (tertiary/aromatic N) is 1. The van der Waals surface area contributed by atoms with E-state index in [1.165, 1.54) is 12.8 Å². The first-order valence-corrected chi connectivity index (χ1v) is 7.33. The van der Waals surface area contributed by atoms with Crippen LogP contribution in [0.25, 0.3) is 0 Å². The van der Waals surface area contributed by atoms with Crippen molar-refractivity contribution in [1.82, 2.24) is 10.2 Å². The molecule has 0 aromatic carbocycles. The van der Waals surface area contributed by atoms with E-state index in [4.69, 9.17) is 4.74 Å². The van der Waals surface area contributed by atoms with Crippen molar-refractivity contribution >= 4 is 5.91 Å². The molecule has 2 saturated heterocycles. The highest BCUT2D eigenvalue weighted by Gasteiger charge is 2.30. The lowest BCUT2D eigenvalue weighted by molar-refractivity contribution is -0.141. The molecule has 2 fully saturated rings. The lowest BCUT2D eigenvalue weighted by atomic mass is 9.90. The molecule has 0 spiro atoms. The molecule has 2 heterocycles. The van der Waals surface area contributed by atoms with E-state index in [1.807, 2.05) is 4.90 Å². The third kappa shape index (κ3) is 3.23. The van der Waals surface area contributed by atoms with Crippen LogP contribution in [0.1, 0.15) is 39.5 Å². The number of amides is 1. The smallest absolute Gasteiger partial charge is 0.224 e. The van der Waals surface area contributed by atoms with Crippen molar-refractivity contribution in [2.45, 2.75) is 51.6 Å². The Bertz CT molecular complexity index is 283. The van der Waals surface area contributed by atoms with E-state index < -0.39 is 0 Å². The average molecular weight is 254 g/mol. The highest BCUT2D eigenvalue weighted by Crippen LogP contribution is 2.20. The minimum Gasteiger partial charge on any atom is -0.377 e. The van der Waals surface area contributed by atoms with E-state index in [-0.39, 0.29) is 6.04 Å². The minimum atomic E-state index is 0.283. The maximum Gasteiger partial charge on any atom is 0.224 e. The van der Waals surface area contributed by atoms with Crippen LogP contribution in [0.5, 0.6) is 0 Å². The van der Waals surface area contributed by atoms with Gasteiger partial charge in [-0.05, 0) is 31.7 Å². The van der Waals surface area contributed by atoms with Gasteiger partial charge in [-0.15, -0.1) is 0 Å². The second-order valence-electron chi connectivity index (χ2n) is 5.61. The summed E-state index contributed by atoms with van der Waals surface area (Å²) in [6.07, 6.45) is 4.11. The van der Waals surface area contributed by atoms with Crippen LogP contribution in [0.3, 0.4) is 0 Å². The lowest BCUT2D eigenvalue weighted by Gasteiger charge is -2.37. The quantitative estimate of drug-likeness (QED) is 0.828. The van der Waals surface area contributed by atoms with Gasteiger partial charge in [-0.3, -0.25) is 4.79 Å². The molecule has 1 amide bonds. The monoisotopic (exact) mass is 254 g/mol. The van der Waals surface area contributed by atoms with Gasteiger partial charge in [0.15, 0.2) is 0 Å². The van der Waals surface area contributed by atoms with Crippen molar-refractivity contribution < 1.29 is 9.53 Å². The first-order chi connectivity index (χ1) is 8.72. The number of nitrogens with one attached hydrogen (secondary N) is 1. The number of hydrogen-bond donors (Lipinski definition) is 1. The predicted molar refractivity (Wildman–Crippen MR) is 71.4 cm³/mol. The fourth-order valence-corrected chi connectivity index (χ4v) is 3.01. The molecule has 0 radical (unpaired) electrons. The van der Waals surface area contributed by atoms with E-state index >= 15 is 0 Å². The second-order valence-corrected chi connectivity index (χ2v) is 5.61. The summed E-state index contributed by atoms with van der Waals surface area (Å²) in [5.74, 6) is 0.917. The lowest BCUT2D eigenvalue weighted by Crippen LogP contribution is -2.51. The third-order valence-electron chi connectivity index (χ3n) is 4.34. The highest BCUT2D eigenvalue weighted by molar-refractivity contribution is 5.77. The first kappa shape index (κ1) is 13.8. The molecule has 4 nitrogen and oxygen atoms in total. The van der Waals surface area contributed by atoms with Gasteiger partial charge in [0.25, 0.3) is 0 Å². The molecule has 2 rings (SSSR count). The number of ether oxygens (including phenoxy) is 1. The van der Waals surface area contributed by atoms with Gasteiger partial charge < -0.3 is 15.0 Å².